The molecule has 1 N–H and O–H groups in total. The topological polar surface area (TPSA) is 160 Å². The number of benzene rings is 2. The van der Waals surface area contributed by atoms with Crippen molar-refractivity contribution in [1.29, 1.82) is 0 Å². The number of furan rings is 1. The van der Waals surface area contributed by atoms with Crippen LogP contribution < -0.4 is 15.7 Å². The molecule has 44 heavy (non-hydrogen) atoms. The third-order valence-electron chi connectivity index (χ3n) is 7.15. The standard InChI is InChI=1S/C17H18N2O6.C15H14O4/c1-9-13(16(20)24-3)15(14(10(2)18-9)17(21)25-4)11-7-5-6-8-12(11)19(22)23;1-8(2)14-15(17-3)10-6-9-4-5-13(16)18-11(9)7-12(10)19-14/h5-8,15,18H,1-4H3;4-8H,1-3H3. The Morgan fingerprint density at radius 3 is 2.07 bits per heavy atom. The first-order valence-electron chi connectivity index (χ1n) is 13.6. The van der Waals surface area contributed by atoms with E-state index in [1.54, 1.807) is 39.2 Å². The van der Waals surface area contributed by atoms with E-state index in [0.717, 1.165) is 22.3 Å². The van der Waals surface area contributed by atoms with Crippen molar-refractivity contribution in [2.24, 2.45) is 0 Å². The SMILES string of the molecule is COC(=O)C1=C(C)NC(C)=C(C(=O)OC)C1c1ccccc1[N+](=O)[O-].COc1c(C(C)C)oc2cc3oc(=O)ccc3cc12. The van der Waals surface area contributed by atoms with Gasteiger partial charge in [-0.2, -0.15) is 0 Å². The van der Waals surface area contributed by atoms with Crippen LogP contribution in [-0.4, -0.2) is 38.2 Å². The summed E-state index contributed by atoms with van der Waals surface area (Å²) in [6, 6.07) is 12.8. The predicted molar refractivity (Wildman–Crippen MR) is 161 cm³/mol. The summed E-state index contributed by atoms with van der Waals surface area (Å²) in [7, 11) is 4.05. The van der Waals surface area contributed by atoms with Gasteiger partial charge in [0.25, 0.3) is 5.69 Å². The first kappa shape index (κ1) is 31.5. The fourth-order valence-corrected chi connectivity index (χ4v) is 5.21. The molecule has 0 spiro atoms. The van der Waals surface area contributed by atoms with Gasteiger partial charge >= 0.3 is 17.6 Å². The summed E-state index contributed by atoms with van der Waals surface area (Å²) >= 11 is 0. The average molecular weight is 605 g/mol. The highest BCUT2D eigenvalue weighted by Gasteiger charge is 2.40. The van der Waals surface area contributed by atoms with Gasteiger partial charge in [0.05, 0.1) is 48.7 Å². The van der Waals surface area contributed by atoms with Gasteiger partial charge < -0.3 is 28.4 Å². The van der Waals surface area contributed by atoms with E-state index < -0.39 is 22.8 Å². The lowest BCUT2D eigenvalue weighted by molar-refractivity contribution is -0.385. The van der Waals surface area contributed by atoms with Crippen molar-refractivity contribution in [3.63, 3.8) is 0 Å². The summed E-state index contributed by atoms with van der Waals surface area (Å²) in [6.07, 6.45) is 0. The van der Waals surface area contributed by atoms with Crippen LogP contribution in [0.2, 0.25) is 0 Å². The molecule has 0 aliphatic carbocycles. The number of nitrogens with zero attached hydrogens (tertiary/aromatic N) is 1. The van der Waals surface area contributed by atoms with Gasteiger partial charge in [-0.15, -0.1) is 0 Å². The molecule has 1 aliphatic rings. The third kappa shape index (κ3) is 5.91. The second kappa shape index (κ2) is 12.9. The van der Waals surface area contributed by atoms with E-state index in [9.17, 15) is 24.5 Å². The molecule has 230 valence electrons. The van der Waals surface area contributed by atoms with E-state index in [0.29, 0.717) is 22.6 Å². The minimum absolute atomic E-state index is 0.128. The molecule has 12 nitrogen and oxygen atoms in total. The number of dihydropyridines is 1. The molecule has 0 saturated carbocycles. The molecule has 0 radical (unpaired) electrons. The molecule has 0 bridgehead atoms. The number of ether oxygens (including phenoxy) is 3. The highest BCUT2D eigenvalue weighted by molar-refractivity contribution is 6.00. The first-order chi connectivity index (χ1) is 20.9. The fraction of sp³-hybridized carbons (Fsp3) is 0.281. The summed E-state index contributed by atoms with van der Waals surface area (Å²) in [5.41, 5.74) is 2.01. The summed E-state index contributed by atoms with van der Waals surface area (Å²) in [4.78, 5) is 46.8. The van der Waals surface area contributed by atoms with Gasteiger partial charge in [0, 0.05) is 46.5 Å². The number of para-hydroxylation sites is 1. The maximum atomic E-state index is 12.3. The number of methoxy groups -OCH3 is 3. The molecule has 0 fully saturated rings. The van der Waals surface area contributed by atoms with E-state index in [2.05, 4.69) is 5.32 Å². The van der Waals surface area contributed by atoms with E-state index in [1.165, 1.54) is 38.5 Å². The Hall–Kier alpha value is -5.39. The summed E-state index contributed by atoms with van der Waals surface area (Å²) in [6.45, 7) is 7.37. The van der Waals surface area contributed by atoms with E-state index >= 15 is 0 Å². The average Bonchev–Trinajstić information content (AvgIpc) is 3.36. The molecule has 12 heteroatoms. The van der Waals surface area contributed by atoms with Crippen molar-refractivity contribution in [2.75, 3.05) is 21.3 Å². The molecule has 0 amide bonds. The van der Waals surface area contributed by atoms with Crippen LogP contribution in [0, 0.1) is 10.1 Å². The van der Waals surface area contributed by atoms with Gasteiger partial charge in [0.15, 0.2) is 5.75 Å². The Bertz CT molecular complexity index is 1860. The Morgan fingerprint density at radius 2 is 1.52 bits per heavy atom. The molecule has 0 unspecified atom stereocenters. The molecule has 4 aromatic rings. The van der Waals surface area contributed by atoms with E-state index in [4.69, 9.17) is 23.0 Å². The van der Waals surface area contributed by atoms with Crippen LogP contribution in [0.4, 0.5) is 5.69 Å². The van der Waals surface area contributed by atoms with Crippen LogP contribution in [0.15, 0.2) is 84.7 Å². The van der Waals surface area contributed by atoms with Crippen LogP contribution in [0.25, 0.3) is 21.9 Å². The van der Waals surface area contributed by atoms with Crippen LogP contribution in [0.5, 0.6) is 5.75 Å². The number of hydrogen-bond donors (Lipinski definition) is 1. The van der Waals surface area contributed by atoms with Gasteiger partial charge in [-0.05, 0) is 26.0 Å². The summed E-state index contributed by atoms with van der Waals surface area (Å²) < 4.78 is 26.1. The molecule has 3 heterocycles. The largest absolute Gasteiger partial charge is 0.492 e. The Balaban J connectivity index is 0.000000208. The molecule has 5 rings (SSSR count). The van der Waals surface area contributed by atoms with Gasteiger partial charge in [0.2, 0.25) is 0 Å². The van der Waals surface area contributed by atoms with Crippen LogP contribution >= 0.6 is 0 Å². The number of allylic oxidation sites excluding steroid dienone is 2. The number of nitro groups is 1. The van der Waals surface area contributed by atoms with Crippen molar-refractivity contribution >= 4 is 39.6 Å². The normalized spacial score (nSPS) is 13.5. The number of carbonyl (C=O) groups excluding carboxylic acids is 2. The monoisotopic (exact) mass is 604 g/mol. The predicted octanol–water partition coefficient (Wildman–Crippen LogP) is 5.85. The minimum atomic E-state index is -0.970. The number of esters is 2. The van der Waals surface area contributed by atoms with Crippen LogP contribution in [0.3, 0.4) is 0 Å². The number of nitrogens with one attached hydrogen (secondary N) is 1. The lowest BCUT2D eigenvalue weighted by atomic mass is 9.79. The maximum absolute atomic E-state index is 12.3. The maximum Gasteiger partial charge on any atom is 0.336 e. The highest BCUT2D eigenvalue weighted by atomic mass is 16.6. The second-order valence-corrected chi connectivity index (χ2v) is 10.2. The molecule has 0 atom stereocenters. The fourth-order valence-electron chi connectivity index (χ4n) is 5.21. The number of carbonyl (C=O) groups is 2. The van der Waals surface area contributed by atoms with E-state index in [-0.39, 0.29) is 33.9 Å². The molecular weight excluding hydrogens is 572 g/mol. The van der Waals surface area contributed by atoms with Gasteiger partial charge in [0.1, 0.15) is 16.9 Å². The molecule has 2 aromatic heterocycles. The zero-order valence-corrected chi connectivity index (χ0v) is 25.3. The smallest absolute Gasteiger partial charge is 0.336 e. The highest BCUT2D eigenvalue weighted by Crippen LogP contribution is 2.42. The summed E-state index contributed by atoms with van der Waals surface area (Å²) in [5.74, 6) is -0.558. The Morgan fingerprint density at radius 1 is 0.909 bits per heavy atom. The first-order valence-corrected chi connectivity index (χ1v) is 13.6. The van der Waals surface area contributed by atoms with E-state index in [1.807, 2.05) is 19.9 Å². The Kier molecular flexibility index (Phi) is 9.22. The Labute approximate surface area is 252 Å². The zero-order valence-electron chi connectivity index (χ0n) is 25.3. The minimum Gasteiger partial charge on any atom is -0.492 e. The van der Waals surface area contributed by atoms with Crippen LogP contribution in [-0.2, 0) is 19.1 Å². The number of rotatable bonds is 6. The zero-order chi connectivity index (χ0) is 32.3. The van der Waals surface area contributed by atoms with Crippen LogP contribution in [0.1, 0.15) is 50.9 Å². The van der Waals surface area contributed by atoms with Gasteiger partial charge in [-0.25, -0.2) is 14.4 Å². The second-order valence-electron chi connectivity index (χ2n) is 10.2. The molecular formula is C32H32N2O10. The number of hydrogen-bond acceptors (Lipinski definition) is 11. The molecule has 1 aliphatic heterocycles. The van der Waals surface area contributed by atoms with Crippen molar-refractivity contribution in [3.05, 3.63) is 103 Å². The molecule has 2 aromatic carbocycles. The van der Waals surface area contributed by atoms with Crippen molar-refractivity contribution in [3.8, 4) is 5.75 Å². The number of fused-ring (bicyclic) bond motifs is 2. The van der Waals surface area contributed by atoms with Gasteiger partial charge in [-0.1, -0.05) is 32.0 Å². The number of nitro benzene ring substituents is 1. The van der Waals surface area contributed by atoms with Crippen molar-refractivity contribution < 1.29 is 37.6 Å². The third-order valence-corrected chi connectivity index (χ3v) is 7.15. The van der Waals surface area contributed by atoms with Crippen molar-refractivity contribution in [1.82, 2.24) is 5.32 Å². The quantitative estimate of drug-likeness (QED) is 0.122. The lowest BCUT2D eigenvalue weighted by Gasteiger charge is -2.29. The summed E-state index contributed by atoms with van der Waals surface area (Å²) in [5, 5.41) is 16.1. The van der Waals surface area contributed by atoms with Crippen molar-refractivity contribution in [2.45, 2.75) is 39.5 Å². The van der Waals surface area contributed by atoms with Gasteiger partial charge in [-0.3, -0.25) is 10.1 Å². The lowest BCUT2D eigenvalue weighted by Crippen LogP contribution is -2.32. The molecule has 0 saturated heterocycles.